The monoisotopic (exact) mass is 517 g/mol. The molecular weight excluding hydrogens is 490 g/mol. The molecular formula is C26H27N7O3S. The van der Waals surface area contributed by atoms with Crippen LogP contribution < -0.4 is 11.1 Å². The summed E-state index contributed by atoms with van der Waals surface area (Å²) in [5, 5.41) is 3.78. The lowest BCUT2D eigenvalue weighted by Crippen LogP contribution is -2.38. The van der Waals surface area contributed by atoms with E-state index >= 15 is 0 Å². The minimum atomic E-state index is -3.65. The molecule has 1 aliphatic heterocycles. The van der Waals surface area contributed by atoms with Gasteiger partial charge in [-0.3, -0.25) is 9.20 Å². The number of benzene rings is 1. The van der Waals surface area contributed by atoms with Crippen molar-refractivity contribution in [2.24, 2.45) is 0 Å². The summed E-state index contributed by atoms with van der Waals surface area (Å²) in [6.07, 6.45) is 7.21. The summed E-state index contributed by atoms with van der Waals surface area (Å²) in [6.45, 7) is 5.81. The Morgan fingerprint density at radius 2 is 1.95 bits per heavy atom. The van der Waals surface area contributed by atoms with Gasteiger partial charge in [0.05, 0.1) is 6.04 Å². The number of carbonyl (C=O) groups is 1. The number of hydrogen-bond donors (Lipinski definition) is 2. The number of sulfonamides is 1. The third kappa shape index (κ3) is 4.70. The Hall–Kier alpha value is -4.09. The molecule has 5 rings (SSSR count). The van der Waals surface area contributed by atoms with Gasteiger partial charge < -0.3 is 11.1 Å². The molecule has 0 unspecified atom stereocenters. The molecule has 4 aromatic rings. The first-order chi connectivity index (χ1) is 17.8. The number of carbonyl (C=O) groups excluding carboxylic acids is 1. The van der Waals surface area contributed by atoms with Crippen molar-refractivity contribution < 1.29 is 13.2 Å². The molecule has 0 bridgehead atoms. The molecule has 0 aliphatic carbocycles. The van der Waals surface area contributed by atoms with Crippen molar-refractivity contribution in [2.75, 3.05) is 17.6 Å². The molecule has 3 aromatic heterocycles. The Balaban J connectivity index is 1.52. The topological polar surface area (TPSA) is 136 Å². The van der Waals surface area contributed by atoms with E-state index in [-0.39, 0.29) is 11.7 Å². The van der Waals surface area contributed by atoms with E-state index in [1.165, 1.54) is 4.31 Å². The van der Waals surface area contributed by atoms with E-state index in [0.29, 0.717) is 41.4 Å². The van der Waals surface area contributed by atoms with Crippen molar-refractivity contribution in [3.05, 3.63) is 83.9 Å². The molecule has 1 aromatic carbocycles. The summed E-state index contributed by atoms with van der Waals surface area (Å²) < 4.78 is 28.8. The van der Waals surface area contributed by atoms with Gasteiger partial charge in [-0.1, -0.05) is 25.1 Å². The highest BCUT2D eigenvalue weighted by Crippen LogP contribution is 2.37. The zero-order valence-corrected chi connectivity index (χ0v) is 21.1. The number of pyridine rings is 1. The van der Waals surface area contributed by atoms with Crippen LogP contribution in [0.2, 0.25) is 0 Å². The predicted octanol–water partition coefficient (Wildman–Crippen LogP) is 3.93. The van der Waals surface area contributed by atoms with Crippen LogP contribution in [0.5, 0.6) is 0 Å². The molecule has 10 nitrogen and oxygen atoms in total. The maximum Gasteiger partial charge on any atom is 0.256 e. The number of amides is 1. The van der Waals surface area contributed by atoms with Crippen LogP contribution in [0, 0.1) is 6.92 Å². The quantitative estimate of drug-likeness (QED) is 0.395. The van der Waals surface area contributed by atoms with Crippen LogP contribution in [0.3, 0.4) is 0 Å². The van der Waals surface area contributed by atoms with Gasteiger partial charge in [-0.05, 0) is 49.6 Å². The molecule has 0 spiro atoms. The van der Waals surface area contributed by atoms with E-state index in [9.17, 15) is 13.2 Å². The zero-order valence-electron chi connectivity index (χ0n) is 20.3. The number of aryl methyl sites for hydroxylation is 1. The highest BCUT2D eigenvalue weighted by molar-refractivity contribution is 7.92. The molecule has 1 amide bonds. The normalized spacial score (nSPS) is 16.5. The van der Waals surface area contributed by atoms with Gasteiger partial charge in [-0.25, -0.2) is 23.4 Å². The van der Waals surface area contributed by atoms with Gasteiger partial charge in [-0.2, -0.15) is 4.31 Å². The van der Waals surface area contributed by atoms with Crippen LogP contribution in [0.1, 0.15) is 47.1 Å². The Labute approximate surface area is 214 Å². The Morgan fingerprint density at radius 3 is 2.68 bits per heavy atom. The van der Waals surface area contributed by atoms with Crippen molar-refractivity contribution >= 4 is 33.1 Å². The van der Waals surface area contributed by atoms with Crippen molar-refractivity contribution in [3.63, 3.8) is 0 Å². The second kappa shape index (κ2) is 9.75. The molecule has 1 fully saturated rings. The Bertz CT molecular complexity index is 1600. The van der Waals surface area contributed by atoms with Gasteiger partial charge in [0.1, 0.15) is 28.7 Å². The summed E-state index contributed by atoms with van der Waals surface area (Å²) in [5.74, 6) is 1.03. The number of fused-ring (bicyclic) bond motifs is 1. The molecule has 1 aliphatic rings. The number of hydrogen-bond acceptors (Lipinski definition) is 7. The minimum Gasteiger partial charge on any atom is -0.382 e. The van der Waals surface area contributed by atoms with Crippen LogP contribution in [0.4, 0.5) is 11.6 Å². The van der Waals surface area contributed by atoms with Crippen LogP contribution in [-0.2, 0) is 10.0 Å². The van der Waals surface area contributed by atoms with Crippen molar-refractivity contribution in [1.82, 2.24) is 23.7 Å². The highest BCUT2D eigenvalue weighted by Gasteiger charge is 2.35. The molecule has 190 valence electrons. The van der Waals surface area contributed by atoms with Crippen molar-refractivity contribution in [1.29, 1.82) is 0 Å². The second-order valence-electron chi connectivity index (χ2n) is 8.93. The van der Waals surface area contributed by atoms with Crippen LogP contribution in [0.25, 0.3) is 16.8 Å². The number of imidazole rings is 1. The van der Waals surface area contributed by atoms with Crippen molar-refractivity contribution in [3.8, 4) is 11.3 Å². The number of rotatable bonds is 6. The third-order valence-corrected chi connectivity index (χ3v) is 7.99. The average molecular weight is 518 g/mol. The van der Waals surface area contributed by atoms with E-state index in [4.69, 9.17) is 10.7 Å². The van der Waals surface area contributed by atoms with E-state index in [0.717, 1.165) is 29.4 Å². The summed E-state index contributed by atoms with van der Waals surface area (Å²) in [5.41, 5.74) is 9.59. The first-order valence-corrected chi connectivity index (χ1v) is 13.4. The van der Waals surface area contributed by atoms with Gasteiger partial charge >= 0.3 is 0 Å². The average Bonchev–Trinajstić information content (AvgIpc) is 3.30. The van der Waals surface area contributed by atoms with Crippen LogP contribution in [0.15, 0.2) is 67.0 Å². The van der Waals surface area contributed by atoms with Gasteiger partial charge in [0.15, 0.2) is 0 Å². The van der Waals surface area contributed by atoms with E-state index in [2.05, 4.69) is 21.9 Å². The van der Waals surface area contributed by atoms with Gasteiger partial charge in [0, 0.05) is 41.7 Å². The number of nitrogens with zero attached hydrogens (tertiary/aromatic N) is 5. The number of nitrogens with one attached hydrogen (secondary N) is 1. The van der Waals surface area contributed by atoms with E-state index in [1.54, 1.807) is 48.9 Å². The molecule has 1 saturated heterocycles. The van der Waals surface area contributed by atoms with Gasteiger partial charge in [0.2, 0.25) is 10.0 Å². The molecule has 1 atom stereocenters. The SMILES string of the molecule is C=CS(=O)(=O)N1CCCC[C@H]1c1nc(-c2ccc(C(=O)Nc3cc(C)ccn3)cc2)c2c(N)nccn12. The fourth-order valence-electron chi connectivity index (χ4n) is 4.66. The minimum absolute atomic E-state index is 0.275. The number of nitrogens with two attached hydrogens (primary N) is 1. The fourth-order valence-corrected chi connectivity index (χ4v) is 5.79. The second-order valence-corrected chi connectivity index (χ2v) is 10.8. The summed E-state index contributed by atoms with van der Waals surface area (Å²) >= 11 is 0. The first kappa shape index (κ1) is 24.6. The third-order valence-electron chi connectivity index (χ3n) is 6.48. The zero-order chi connectivity index (χ0) is 26.2. The lowest BCUT2D eigenvalue weighted by Gasteiger charge is -2.32. The van der Waals surface area contributed by atoms with Crippen molar-refractivity contribution in [2.45, 2.75) is 32.2 Å². The number of anilines is 2. The molecule has 4 heterocycles. The van der Waals surface area contributed by atoms with Crippen LogP contribution in [-0.4, -0.2) is 44.5 Å². The highest BCUT2D eigenvalue weighted by atomic mass is 32.2. The largest absolute Gasteiger partial charge is 0.382 e. The van der Waals surface area contributed by atoms with Gasteiger partial charge in [-0.15, -0.1) is 0 Å². The number of aromatic nitrogens is 4. The summed E-state index contributed by atoms with van der Waals surface area (Å²) in [6, 6.07) is 10.2. The van der Waals surface area contributed by atoms with E-state index in [1.807, 2.05) is 17.4 Å². The number of piperidine rings is 1. The lowest BCUT2D eigenvalue weighted by molar-refractivity contribution is 0.102. The smallest absolute Gasteiger partial charge is 0.256 e. The Kier molecular flexibility index (Phi) is 6.48. The maximum absolute atomic E-state index is 12.8. The molecule has 0 radical (unpaired) electrons. The maximum atomic E-state index is 12.8. The van der Waals surface area contributed by atoms with E-state index < -0.39 is 16.1 Å². The molecule has 11 heteroatoms. The van der Waals surface area contributed by atoms with Crippen LogP contribution >= 0.6 is 0 Å². The summed E-state index contributed by atoms with van der Waals surface area (Å²) in [7, 11) is -3.65. The molecule has 3 N–H and O–H groups in total. The van der Waals surface area contributed by atoms with Gasteiger partial charge in [0.25, 0.3) is 5.91 Å². The fraction of sp³-hybridized carbons (Fsp3) is 0.231. The first-order valence-electron chi connectivity index (χ1n) is 11.9. The number of nitrogen functional groups attached to an aromatic ring is 1. The Morgan fingerprint density at radius 1 is 1.16 bits per heavy atom. The predicted molar refractivity (Wildman–Crippen MR) is 142 cm³/mol. The molecule has 0 saturated carbocycles. The lowest BCUT2D eigenvalue weighted by atomic mass is 10.0. The standard InChI is InChI=1S/C26H27N7O3S/c1-3-37(35,36)33-14-5-4-6-20(33)25-31-22(23-24(27)29-13-15-32(23)25)18-7-9-19(10-8-18)26(34)30-21-16-17(2)11-12-28-21/h3,7-13,15-16,20H,1,4-6,14H2,2H3,(H2,27,29)(H,28,30,34)/t20-/m0/s1. The summed E-state index contributed by atoms with van der Waals surface area (Å²) in [4.78, 5) is 26.0. The molecule has 37 heavy (non-hydrogen) atoms.